The summed E-state index contributed by atoms with van der Waals surface area (Å²) < 4.78 is 9.84. The molecule has 1 aromatic rings. The Morgan fingerprint density at radius 2 is 1.76 bits per heavy atom. The van der Waals surface area contributed by atoms with Crippen LogP contribution in [0, 0.1) is 0 Å². The number of rotatable bonds is 7. The summed E-state index contributed by atoms with van der Waals surface area (Å²) >= 11 is 0. The van der Waals surface area contributed by atoms with Gasteiger partial charge in [0.2, 0.25) is 5.95 Å². The lowest BCUT2D eigenvalue weighted by Gasteiger charge is -2.07. The lowest BCUT2D eigenvalue weighted by atomic mass is 10.2. The van der Waals surface area contributed by atoms with Gasteiger partial charge in [-0.1, -0.05) is 0 Å². The molecule has 1 atom stereocenters. The standard InChI is InChI=1S/C10H18N4O3/c1-7(15)5-4-6-11-8-12-9(16-2)14-10(13-8)17-3/h7,15H,4-6H2,1-3H3,(H,11,12,13,14). The van der Waals surface area contributed by atoms with Crippen LogP contribution in [0.2, 0.25) is 0 Å². The number of nitrogens with one attached hydrogen (secondary N) is 1. The molecule has 0 aliphatic rings. The number of nitrogens with zero attached hydrogens (tertiary/aromatic N) is 3. The molecule has 1 heterocycles. The van der Waals surface area contributed by atoms with Crippen molar-refractivity contribution in [1.29, 1.82) is 0 Å². The van der Waals surface area contributed by atoms with Crippen molar-refractivity contribution in [3.05, 3.63) is 0 Å². The molecule has 2 N–H and O–H groups in total. The summed E-state index contributed by atoms with van der Waals surface area (Å²) in [6.07, 6.45) is 1.26. The van der Waals surface area contributed by atoms with E-state index in [-0.39, 0.29) is 18.1 Å². The van der Waals surface area contributed by atoms with Crippen LogP contribution >= 0.6 is 0 Å². The highest BCUT2D eigenvalue weighted by Gasteiger charge is 2.06. The van der Waals surface area contributed by atoms with Gasteiger partial charge < -0.3 is 19.9 Å². The molecule has 0 saturated heterocycles. The van der Waals surface area contributed by atoms with Crippen molar-refractivity contribution in [2.24, 2.45) is 0 Å². The molecule has 0 saturated carbocycles. The minimum atomic E-state index is -0.292. The van der Waals surface area contributed by atoms with Gasteiger partial charge in [0.15, 0.2) is 0 Å². The van der Waals surface area contributed by atoms with E-state index in [4.69, 9.17) is 14.6 Å². The van der Waals surface area contributed by atoms with Crippen molar-refractivity contribution in [2.45, 2.75) is 25.9 Å². The van der Waals surface area contributed by atoms with Gasteiger partial charge in [-0.05, 0) is 19.8 Å². The maximum atomic E-state index is 9.10. The first kappa shape index (κ1) is 13.4. The molecule has 1 unspecified atom stereocenters. The van der Waals surface area contributed by atoms with Crippen molar-refractivity contribution in [3.63, 3.8) is 0 Å². The number of hydrogen-bond acceptors (Lipinski definition) is 7. The minimum absolute atomic E-state index is 0.204. The second kappa shape index (κ2) is 6.85. The fourth-order valence-corrected chi connectivity index (χ4v) is 1.20. The summed E-state index contributed by atoms with van der Waals surface area (Å²) in [6, 6.07) is 0.407. The second-order valence-corrected chi connectivity index (χ2v) is 3.55. The molecule has 7 nitrogen and oxygen atoms in total. The van der Waals surface area contributed by atoms with Crippen LogP contribution in [0.4, 0.5) is 5.95 Å². The Morgan fingerprint density at radius 1 is 1.18 bits per heavy atom. The Labute approximate surface area is 100 Å². The number of anilines is 1. The summed E-state index contributed by atoms with van der Waals surface area (Å²) in [4.78, 5) is 11.9. The van der Waals surface area contributed by atoms with Gasteiger partial charge in [0, 0.05) is 6.54 Å². The zero-order valence-electron chi connectivity index (χ0n) is 10.3. The average molecular weight is 242 g/mol. The van der Waals surface area contributed by atoms with E-state index < -0.39 is 0 Å². The highest BCUT2D eigenvalue weighted by atomic mass is 16.5. The van der Waals surface area contributed by atoms with Crippen LogP contribution in [-0.4, -0.2) is 46.9 Å². The van der Waals surface area contributed by atoms with Gasteiger partial charge in [0.05, 0.1) is 20.3 Å². The summed E-state index contributed by atoms with van der Waals surface area (Å²) in [5, 5.41) is 12.1. The normalized spacial score (nSPS) is 12.0. The highest BCUT2D eigenvalue weighted by molar-refractivity contribution is 5.27. The maximum Gasteiger partial charge on any atom is 0.324 e. The van der Waals surface area contributed by atoms with Gasteiger partial charge in [-0.3, -0.25) is 0 Å². The van der Waals surface area contributed by atoms with Crippen LogP contribution in [-0.2, 0) is 0 Å². The predicted molar refractivity (Wildman–Crippen MR) is 62.3 cm³/mol. The molecule has 0 aromatic carbocycles. The van der Waals surface area contributed by atoms with E-state index in [1.165, 1.54) is 14.2 Å². The van der Waals surface area contributed by atoms with Gasteiger partial charge >= 0.3 is 12.0 Å². The van der Waals surface area contributed by atoms with Crippen LogP contribution in [0.1, 0.15) is 19.8 Å². The third kappa shape index (κ3) is 4.81. The first-order chi connectivity index (χ1) is 8.15. The molecule has 0 radical (unpaired) electrons. The molecular formula is C10H18N4O3. The minimum Gasteiger partial charge on any atom is -0.467 e. The Balaban J connectivity index is 2.51. The van der Waals surface area contributed by atoms with E-state index in [9.17, 15) is 0 Å². The summed E-state index contributed by atoms with van der Waals surface area (Å²) in [6.45, 7) is 2.43. The Hall–Kier alpha value is -1.63. The zero-order chi connectivity index (χ0) is 12.7. The monoisotopic (exact) mass is 242 g/mol. The molecule has 96 valence electrons. The van der Waals surface area contributed by atoms with Gasteiger partial charge in [-0.2, -0.15) is 9.97 Å². The Bertz CT molecular complexity index is 324. The fourth-order valence-electron chi connectivity index (χ4n) is 1.20. The Kier molecular flexibility index (Phi) is 5.41. The summed E-state index contributed by atoms with van der Waals surface area (Å²) in [5.41, 5.74) is 0. The number of hydrogen-bond donors (Lipinski definition) is 2. The third-order valence-electron chi connectivity index (χ3n) is 2.04. The average Bonchev–Trinajstić information content (AvgIpc) is 2.34. The SMILES string of the molecule is COc1nc(NCCCC(C)O)nc(OC)n1. The van der Waals surface area contributed by atoms with E-state index in [1.807, 2.05) is 0 Å². The lowest BCUT2D eigenvalue weighted by molar-refractivity contribution is 0.183. The predicted octanol–water partition coefficient (Wildman–Crippen LogP) is 0.462. The molecule has 0 spiro atoms. The van der Waals surface area contributed by atoms with Crippen molar-refractivity contribution in [1.82, 2.24) is 15.0 Å². The van der Waals surface area contributed by atoms with Crippen LogP contribution < -0.4 is 14.8 Å². The van der Waals surface area contributed by atoms with Crippen LogP contribution in [0.15, 0.2) is 0 Å². The van der Waals surface area contributed by atoms with E-state index in [0.717, 1.165) is 12.8 Å². The van der Waals surface area contributed by atoms with Gasteiger partial charge in [-0.25, -0.2) is 0 Å². The number of ether oxygens (including phenoxy) is 2. The van der Waals surface area contributed by atoms with Crippen molar-refractivity contribution in [3.8, 4) is 12.0 Å². The number of methoxy groups -OCH3 is 2. The van der Waals surface area contributed by atoms with E-state index >= 15 is 0 Å². The quantitative estimate of drug-likeness (QED) is 0.671. The van der Waals surface area contributed by atoms with Gasteiger partial charge in [0.1, 0.15) is 0 Å². The van der Waals surface area contributed by atoms with E-state index in [1.54, 1.807) is 6.92 Å². The molecular weight excluding hydrogens is 224 g/mol. The number of aliphatic hydroxyl groups excluding tert-OH is 1. The Morgan fingerprint density at radius 3 is 2.24 bits per heavy atom. The smallest absolute Gasteiger partial charge is 0.324 e. The lowest BCUT2D eigenvalue weighted by Crippen LogP contribution is -2.10. The molecule has 1 rings (SSSR count). The summed E-state index contributed by atoms with van der Waals surface area (Å²) in [5.74, 6) is 0.402. The number of aliphatic hydroxyl groups is 1. The molecule has 1 aromatic heterocycles. The van der Waals surface area contributed by atoms with Gasteiger partial charge in [0.25, 0.3) is 0 Å². The summed E-state index contributed by atoms with van der Waals surface area (Å²) in [7, 11) is 2.96. The third-order valence-corrected chi connectivity index (χ3v) is 2.04. The van der Waals surface area contributed by atoms with Gasteiger partial charge in [-0.15, -0.1) is 4.98 Å². The van der Waals surface area contributed by atoms with Crippen LogP contribution in [0.3, 0.4) is 0 Å². The van der Waals surface area contributed by atoms with E-state index in [2.05, 4.69) is 20.3 Å². The molecule has 17 heavy (non-hydrogen) atoms. The first-order valence-electron chi connectivity index (χ1n) is 5.41. The molecule has 0 aliphatic heterocycles. The molecule has 7 heteroatoms. The molecule has 0 fully saturated rings. The molecule has 0 amide bonds. The molecule has 0 bridgehead atoms. The van der Waals surface area contributed by atoms with Crippen molar-refractivity contribution >= 4 is 5.95 Å². The fraction of sp³-hybridized carbons (Fsp3) is 0.700. The van der Waals surface area contributed by atoms with Crippen LogP contribution in [0.5, 0.6) is 12.0 Å². The first-order valence-corrected chi connectivity index (χ1v) is 5.41. The van der Waals surface area contributed by atoms with Crippen molar-refractivity contribution < 1.29 is 14.6 Å². The van der Waals surface area contributed by atoms with E-state index in [0.29, 0.717) is 12.5 Å². The van der Waals surface area contributed by atoms with Crippen LogP contribution in [0.25, 0.3) is 0 Å². The van der Waals surface area contributed by atoms with Crippen molar-refractivity contribution in [2.75, 3.05) is 26.1 Å². The topological polar surface area (TPSA) is 89.4 Å². The zero-order valence-corrected chi connectivity index (χ0v) is 10.3. The highest BCUT2D eigenvalue weighted by Crippen LogP contribution is 2.11. The molecule has 0 aliphatic carbocycles. The maximum absolute atomic E-state index is 9.10. The number of aromatic nitrogens is 3. The second-order valence-electron chi connectivity index (χ2n) is 3.55. The largest absolute Gasteiger partial charge is 0.467 e.